The fourth-order valence-electron chi connectivity index (χ4n) is 3.14. The highest BCUT2D eigenvalue weighted by Crippen LogP contribution is 2.29. The molecule has 0 spiro atoms. The molecule has 26 heavy (non-hydrogen) atoms. The van der Waals surface area contributed by atoms with Crippen LogP contribution in [0.1, 0.15) is 11.1 Å². The van der Waals surface area contributed by atoms with Gasteiger partial charge in [-0.05, 0) is 60.9 Å². The van der Waals surface area contributed by atoms with E-state index in [4.69, 9.17) is 9.15 Å². The van der Waals surface area contributed by atoms with Crippen molar-refractivity contribution in [1.29, 1.82) is 0 Å². The van der Waals surface area contributed by atoms with E-state index in [0.717, 1.165) is 11.1 Å². The molecule has 0 bridgehead atoms. The minimum atomic E-state index is -0.362. The van der Waals surface area contributed by atoms with E-state index >= 15 is 0 Å². The lowest BCUT2D eigenvalue weighted by Crippen LogP contribution is -2.32. The molecule has 1 N–H and O–H groups in total. The van der Waals surface area contributed by atoms with Crippen LogP contribution in [0.3, 0.4) is 0 Å². The predicted octanol–water partition coefficient (Wildman–Crippen LogP) is 3.98. The number of amides is 1. The van der Waals surface area contributed by atoms with E-state index < -0.39 is 0 Å². The number of hydrogen-bond donors (Lipinski definition) is 1. The Morgan fingerprint density at radius 1 is 1.27 bits per heavy atom. The number of halogens is 1. The molecule has 1 atom stereocenters. The van der Waals surface area contributed by atoms with Crippen molar-refractivity contribution < 1.29 is 18.3 Å². The van der Waals surface area contributed by atoms with E-state index in [1.54, 1.807) is 12.3 Å². The Kier molecular flexibility index (Phi) is 4.16. The van der Waals surface area contributed by atoms with Crippen LogP contribution in [0.2, 0.25) is 0 Å². The molecule has 2 heterocycles. The van der Waals surface area contributed by atoms with Crippen molar-refractivity contribution >= 4 is 11.6 Å². The maximum Gasteiger partial charge on any atom is 0.231 e. The first-order valence-electron chi connectivity index (χ1n) is 8.32. The van der Waals surface area contributed by atoms with Crippen LogP contribution < -0.4 is 10.1 Å². The Bertz CT molecular complexity index is 954. The highest BCUT2D eigenvalue weighted by atomic mass is 19.1. The molecule has 1 aliphatic rings. The van der Waals surface area contributed by atoms with E-state index in [1.807, 2.05) is 25.1 Å². The van der Waals surface area contributed by atoms with E-state index in [1.165, 1.54) is 18.5 Å². The monoisotopic (exact) mass is 352 g/mol. The third-order valence-corrected chi connectivity index (χ3v) is 4.49. The van der Waals surface area contributed by atoms with Crippen LogP contribution in [0.25, 0.3) is 11.3 Å². The molecule has 1 aromatic heterocycles. The van der Waals surface area contributed by atoms with Gasteiger partial charge in [-0.3, -0.25) is 4.79 Å². The summed E-state index contributed by atoms with van der Waals surface area (Å²) in [5.74, 6) is 0.486. The number of benzene rings is 2. The molecule has 0 saturated carbocycles. The first kappa shape index (κ1) is 16.3. The number of aryl methyl sites for hydroxylation is 1. The molecule has 2 aromatic carbocycles. The number of oxazole rings is 1. The standard InChI is InChI=1S/C20H17FN2O3/c1-12-6-16(3-4-17(12)19-9-22-11-26-19)23-20(24)14-7-13-8-15(21)2-5-18(13)25-10-14/h2-6,8-9,11,14H,7,10H2,1H3,(H,23,24). The number of anilines is 1. The van der Waals surface area contributed by atoms with Crippen LogP contribution in [0.5, 0.6) is 5.75 Å². The zero-order valence-corrected chi connectivity index (χ0v) is 14.2. The lowest BCUT2D eigenvalue weighted by molar-refractivity contribution is -0.121. The highest BCUT2D eigenvalue weighted by molar-refractivity contribution is 5.93. The highest BCUT2D eigenvalue weighted by Gasteiger charge is 2.26. The topological polar surface area (TPSA) is 64.4 Å². The number of carbonyl (C=O) groups excluding carboxylic acids is 1. The molecular weight excluding hydrogens is 335 g/mol. The zero-order chi connectivity index (χ0) is 18.1. The first-order valence-corrected chi connectivity index (χ1v) is 8.32. The molecule has 4 rings (SSSR count). The van der Waals surface area contributed by atoms with Gasteiger partial charge in [0.05, 0.1) is 12.1 Å². The number of hydrogen-bond acceptors (Lipinski definition) is 4. The average Bonchev–Trinajstić information content (AvgIpc) is 3.15. The average molecular weight is 352 g/mol. The van der Waals surface area contributed by atoms with Crippen molar-refractivity contribution in [3.05, 3.63) is 65.9 Å². The molecule has 0 saturated heterocycles. The predicted molar refractivity (Wildman–Crippen MR) is 94.4 cm³/mol. The van der Waals surface area contributed by atoms with E-state index in [9.17, 15) is 9.18 Å². The number of rotatable bonds is 3. The van der Waals surface area contributed by atoms with Crippen LogP contribution in [0.4, 0.5) is 10.1 Å². The molecule has 0 radical (unpaired) electrons. The van der Waals surface area contributed by atoms with Gasteiger partial charge in [0.25, 0.3) is 0 Å². The van der Waals surface area contributed by atoms with Gasteiger partial charge in [0, 0.05) is 11.3 Å². The molecule has 6 heteroatoms. The second-order valence-electron chi connectivity index (χ2n) is 6.35. The van der Waals surface area contributed by atoms with Gasteiger partial charge >= 0.3 is 0 Å². The molecule has 1 aliphatic heterocycles. The van der Waals surface area contributed by atoms with Crippen molar-refractivity contribution in [1.82, 2.24) is 4.98 Å². The second-order valence-corrected chi connectivity index (χ2v) is 6.35. The fraction of sp³-hybridized carbons (Fsp3) is 0.200. The smallest absolute Gasteiger partial charge is 0.231 e. The van der Waals surface area contributed by atoms with E-state index in [2.05, 4.69) is 10.3 Å². The lowest BCUT2D eigenvalue weighted by atomic mass is 9.95. The first-order chi connectivity index (χ1) is 12.6. The Labute approximate surface area is 149 Å². The molecular formula is C20H17FN2O3. The largest absolute Gasteiger partial charge is 0.492 e. The Morgan fingerprint density at radius 3 is 2.92 bits per heavy atom. The molecule has 132 valence electrons. The molecule has 0 fully saturated rings. The minimum Gasteiger partial charge on any atom is -0.492 e. The van der Waals surface area contributed by atoms with Crippen LogP contribution >= 0.6 is 0 Å². The van der Waals surface area contributed by atoms with Crippen molar-refractivity contribution in [2.24, 2.45) is 5.92 Å². The number of fused-ring (bicyclic) bond motifs is 1. The van der Waals surface area contributed by atoms with Gasteiger partial charge < -0.3 is 14.5 Å². The van der Waals surface area contributed by atoms with Crippen LogP contribution in [-0.4, -0.2) is 17.5 Å². The van der Waals surface area contributed by atoms with Crippen LogP contribution in [-0.2, 0) is 11.2 Å². The summed E-state index contributed by atoms with van der Waals surface area (Å²) in [6.07, 6.45) is 3.48. The van der Waals surface area contributed by atoms with Gasteiger partial charge in [0.2, 0.25) is 5.91 Å². The van der Waals surface area contributed by atoms with Crippen LogP contribution in [0, 0.1) is 18.7 Å². The lowest BCUT2D eigenvalue weighted by Gasteiger charge is -2.24. The summed E-state index contributed by atoms with van der Waals surface area (Å²) in [6.45, 7) is 2.22. The Morgan fingerprint density at radius 2 is 2.15 bits per heavy atom. The van der Waals surface area contributed by atoms with Crippen molar-refractivity contribution in [3.63, 3.8) is 0 Å². The normalized spacial score (nSPS) is 15.8. The van der Waals surface area contributed by atoms with E-state index in [-0.39, 0.29) is 24.2 Å². The van der Waals surface area contributed by atoms with Gasteiger partial charge in [-0.1, -0.05) is 0 Å². The van der Waals surface area contributed by atoms with Gasteiger partial charge in [0.15, 0.2) is 12.2 Å². The molecule has 0 aliphatic carbocycles. The Balaban J connectivity index is 1.48. The molecule has 5 nitrogen and oxygen atoms in total. The number of aromatic nitrogens is 1. The minimum absolute atomic E-state index is 0.147. The number of carbonyl (C=O) groups is 1. The summed E-state index contributed by atoms with van der Waals surface area (Å²) in [7, 11) is 0. The van der Waals surface area contributed by atoms with Crippen molar-refractivity contribution in [2.45, 2.75) is 13.3 Å². The van der Waals surface area contributed by atoms with Crippen molar-refractivity contribution in [3.8, 4) is 17.1 Å². The number of nitrogens with one attached hydrogen (secondary N) is 1. The maximum atomic E-state index is 13.4. The molecule has 1 unspecified atom stereocenters. The van der Waals surface area contributed by atoms with Gasteiger partial charge in [-0.25, -0.2) is 9.37 Å². The second kappa shape index (κ2) is 6.63. The summed E-state index contributed by atoms with van der Waals surface area (Å²) in [4.78, 5) is 16.5. The third-order valence-electron chi connectivity index (χ3n) is 4.49. The SMILES string of the molecule is Cc1cc(NC(=O)C2COc3ccc(F)cc3C2)ccc1-c1cnco1. The van der Waals surface area contributed by atoms with Gasteiger partial charge in [-0.15, -0.1) is 0 Å². The Hall–Kier alpha value is -3.15. The summed E-state index contributed by atoms with van der Waals surface area (Å²) < 4.78 is 24.3. The fourth-order valence-corrected chi connectivity index (χ4v) is 3.14. The zero-order valence-electron chi connectivity index (χ0n) is 14.2. The third kappa shape index (κ3) is 3.18. The molecule has 1 amide bonds. The quantitative estimate of drug-likeness (QED) is 0.774. The summed E-state index contributed by atoms with van der Waals surface area (Å²) in [5, 5.41) is 2.91. The summed E-state index contributed by atoms with van der Waals surface area (Å²) in [6, 6.07) is 9.97. The van der Waals surface area contributed by atoms with Gasteiger partial charge in [0.1, 0.15) is 18.2 Å². The van der Waals surface area contributed by atoms with Crippen molar-refractivity contribution in [2.75, 3.05) is 11.9 Å². The summed E-state index contributed by atoms with van der Waals surface area (Å²) >= 11 is 0. The maximum absolute atomic E-state index is 13.4. The van der Waals surface area contributed by atoms with E-state index in [0.29, 0.717) is 29.2 Å². The van der Waals surface area contributed by atoms with Gasteiger partial charge in [-0.2, -0.15) is 0 Å². The molecule has 3 aromatic rings. The number of ether oxygens (including phenoxy) is 1. The number of nitrogens with zero attached hydrogens (tertiary/aromatic N) is 1. The van der Waals surface area contributed by atoms with Crippen LogP contribution in [0.15, 0.2) is 53.4 Å². The summed E-state index contributed by atoms with van der Waals surface area (Å²) in [5.41, 5.74) is 3.30.